The van der Waals surface area contributed by atoms with Crippen LogP contribution in [0.2, 0.25) is 5.02 Å². The number of nitrogens with one attached hydrogen (secondary N) is 1. The maximum Gasteiger partial charge on any atom is 0.252 e. The Labute approximate surface area is 166 Å². The second kappa shape index (κ2) is 7.93. The minimum absolute atomic E-state index is 0.0215. The highest BCUT2D eigenvalue weighted by atomic mass is 35.5. The van der Waals surface area contributed by atoms with Crippen molar-refractivity contribution < 1.29 is 13.2 Å². The van der Waals surface area contributed by atoms with E-state index in [0.29, 0.717) is 13.0 Å². The van der Waals surface area contributed by atoms with Crippen LogP contribution in [0.4, 0.5) is 0 Å². The molecular formula is C18H18ClN3O3S2. The van der Waals surface area contributed by atoms with E-state index in [4.69, 9.17) is 11.6 Å². The van der Waals surface area contributed by atoms with Gasteiger partial charge in [0.25, 0.3) is 5.91 Å². The molecule has 0 aliphatic carbocycles. The molecule has 27 heavy (non-hydrogen) atoms. The van der Waals surface area contributed by atoms with Gasteiger partial charge in [-0.15, -0.1) is 11.3 Å². The van der Waals surface area contributed by atoms with Crippen LogP contribution in [0.5, 0.6) is 0 Å². The number of rotatable bonds is 6. The molecule has 142 valence electrons. The molecular weight excluding hydrogens is 406 g/mol. The van der Waals surface area contributed by atoms with E-state index in [1.165, 1.54) is 32.3 Å². The molecule has 1 N–H and O–H groups in total. The number of thiazole rings is 1. The third kappa shape index (κ3) is 4.30. The van der Waals surface area contributed by atoms with Crippen LogP contribution in [0.25, 0.3) is 10.2 Å². The molecule has 0 atom stereocenters. The van der Waals surface area contributed by atoms with Gasteiger partial charge in [0, 0.05) is 27.1 Å². The van der Waals surface area contributed by atoms with Crippen molar-refractivity contribution in [1.82, 2.24) is 14.6 Å². The minimum Gasteiger partial charge on any atom is -0.352 e. The highest BCUT2D eigenvalue weighted by molar-refractivity contribution is 7.89. The molecule has 1 amide bonds. The number of carbonyl (C=O) groups is 1. The van der Waals surface area contributed by atoms with Crippen LogP contribution in [-0.2, 0) is 16.4 Å². The zero-order valence-corrected chi connectivity index (χ0v) is 17.2. The Bertz CT molecular complexity index is 1060. The molecule has 0 spiro atoms. The van der Waals surface area contributed by atoms with Gasteiger partial charge in [-0.2, -0.15) is 0 Å². The summed E-state index contributed by atoms with van der Waals surface area (Å²) in [5.74, 6) is -0.420. The van der Waals surface area contributed by atoms with Gasteiger partial charge >= 0.3 is 0 Å². The summed E-state index contributed by atoms with van der Waals surface area (Å²) >= 11 is 7.67. The number of amides is 1. The fourth-order valence-corrected chi connectivity index (χ4v) is 4.55. The zero-order valence-electron chi connectivity index (χ0n) is 14.8. The summed E-state index contributed by atoms with van der Waals surface area (Å²) in [5.41, 5.74) is 1.07. The van der Waals surface area contributed by atoms with Gasteiger partial charge in [0.05, 0.1) is 30.7 Å². The van der Waals surface area contributed by atoms with E-state index in [2.05, 4.69) is 10.3 Å². The van der Waals surface area contributed by atoms with Crippen LogP contribution in [0, 0.1) is 0 Å². The van der Waals surface area contributed by atoms with Crippen LogP contribution in [0.1, 0.15) is 15.4 Å². The lowest BCUT2D eigenvalue weighted by atomic mass is 10.2. The van der Waals surface area contributed by atoms with Gasteiger partial charge in [0.1, 0.15) is 0 Å². The number of para-hydroxylation sites is 1. The Balaban J connectivity index is 1.70. The molecule has 6 nitrogen and oxygen atoms in total. The number of nitrogens with zero attached hydrogens (tertiary/aromatic N) is 2. The summed E-state index contributed by atoms with van der Waals surface area (Å²) in [7, 11) is -0.777. The van der Waals surface area contributed by atoms with Gasteiger partial charge in [0.2, 0.25) is 10.0 Å². The average molecular weight is 424 g/mol. The van der Waals surface area contributed by atoms with Crippen molar-refractivity contribution in [2.75, 3.05) is 20.6 Å². The van der Waals surface area contributed by atoms with Crippen LogP contribution in [0.15, 0.2) is 47.4 Å². The quantitative estimate of drug-likeness (QED) is 0.660. The first kappa shape index (κ1) is 19.8. The van der Waals surface area contributed by atoms with Crippen LogP contribution in [0.3, 0.4) is 0 Å². The minimum atomic E-state index is -3.64. The van der Waals surface area contributed by atoms with Crippen LogP contribution >= 0.6 is 22.9 Å². The molecule has 0 saturated heterocycles. The number of fused-ring (bicyclic) bond motifs is 1. The molecule has 0 fully saturated rings. The zero-order chi connectivity index (χ0) is 19.6. The molecule has 0 saturated carbocycles. The summed E-state index contributed by atoms with van der Waals surface area (Å²) in [6, 6.07) is 11.9. The number of carbonyl (C=O) groups excluding carboxylic acids is 1. The van der Waals surface area contributed by atoms with E-state index in [9.17, 15) is 13.2 Å². The highest BCUT2D eigenvalue weighted by Gasteiger charge is 2.20. The fourth-order valence-electron chi connectivity index (χ4n) is 2.45. The number of aromatic nitrogens is 1. The Morgan fingerprint density at radius 1 is 1.22 bits per heavy atom. The fraction of sp³-hybridized carbons (Fsp3) is 0.222. The number of halogens is 1. The van der Waals surface area contributed by atoms with Crippen molar-refractivity contribution in [3.8, 4) is 0 Å². The lowest BCUT2D eigenvalue weighted by molar-refractivity contribution is 0.0954. The molecule has 3 aromatic rings. The summed E-state index contributed by atoms with van der Waals surface area (Å²) in [4.78, 5) is 17.0. The maximum atomic E-state index is 12.5. The summed E-state index contributed by atoms with van der Waals surface area (Å²) < 4.78 is 26.7. The summed E-state index contributed by atoms with van der Waals surface area (Å²) in [5, 5.41) is 3.90. The van der Waals surface area contributed by atoms with E-state index in [0.717, 1.165) is 19.5 Å². The number of hydrogen-bond acceptors (Lipinski definition) is 5. The largest absolute Gasteiger partial charge is 0.352 e. The number of sulfonamides is 1. The first-order valence-electron chi connectivity index (χ1n) is 8.14. The van der Waals surface area contributed by atoms with Crippen molar-refractivity contribution in [3.05, 3.63) is 58.1 Å². The van der Waals surface area contributed by atoms with Gasteiger partial charge < -0.3 is 5.32 Å². The van der Waals surface area contributed by atoms with Crippen molar-refractivity contribution >= 4 is 49.1 Å². The molecule has 0 bridgehead atoms. The molecule has 1 heterocycles. The highest BCUT2D eigenvalue weighted by Crippen LogP contribution is 2.23. The smallest absolute Gasteiger partial charge is 0.252 e. The Hall–Kier alpha value is -2.00. The van der Waals surface area contributed by atoms with Gasteiger partial charge in [-0.1, -0.05) is 23.7 Å². The normalized spacial score (nSPS) is 11.9. The number of hydrogen-bond donors (Lipinski definition) is 1. The second-order valence-corrected chi connectivity index (χ2v) is 9.68. The van der Waals surface area contributed by atoms with Crippen molar-refractivity contribution in [2.45, 2.75) is 11.3 Å². The van der Waals surface area contributed by atoms with Crippen molar-refractivity contribution in [2.24, 2.45) is 0 Å². The third-order valence-corrected chi connectivity index (χ3v) is 7.16. The van der Waals surface area contributed by atoms with E-state index in [-0.39, 0.29) is 15.5 Å². The Morgan fingerprint density at radius 3 is 2.67 bits per heavy atom. The molecule has 2 aromatic carbocycles. The molecule has 0 radical (unpaired) electrons. The molecule has 0 aliphatic rings. The molecule has 3 rings (SSSR count). The Morgan fingerprint density at radius 2 is 1.96 bits per heavy atom. The van der Waals surface area contributed by atoms with Gasteiger partial charge in [-0.25, -0.2) is 17.7 Å². The first-order chi connectivity index (χ1) is 12.8. The van der Waals surface area contributed by atoms with Gasteiger partial charge in [-0.3, -0.25) is 4.79 Å². The molecule has 9 heteroatoms. The summed E-state index contributed by atoms with van der Waals surface area (Å²) in [6.45, 7) is 0.375. The van der Waals surface area contributed by atoms with Crippen LogP contribution < -0.4 is 5.32 Å². The predicted octanol–water partition coefficient (Wildman–Crippen LogP) is 3.17. The second-order valence-electron chi connectivity index (χ2n) is 6.01. The van der Waals surface area contributed by atoms with Crippen molar-refractivity contribution in [1.29, 1.82) is 0 Å². The lowest BCUT2D eigenvalue weighted by Gasteiger charge is -2.13. The van der Waals surface area contributed by atoms with E-state index < -0.39 is 15.9 Å². The van der Waals surface area contributed by atoms with Gasteiger partial charge in [-0.05, 0) is 30.3 Å². The summed E-state index contributed by atoms with van der Waals surface area (Å²) in [6.07, 6.45) is 0.582. The van der Waals surface area contributed by atoms with E-state index in [1.807, 2.05) is 24.3 Å². The van der Waals surface area contributed by atoms with Crippen molar-refractivity contribution in [3.63, 3.8) is 0 Å². The lowest BCUT2D eigenvalue weighted by Crippen LogP contribution is -2.27. The third-order valence-electron chi connectivity index (χ3n) is 3.92. The molecule has 0 unspecified atom stereocenters. The maximum absolute atomic E-state index is 12.5. The Kier molecular flexibility index (Phi) is 5.81. The molecule has 1 aromatic heterocycles. The standard InChI is InChI=1S/C18H18ClN3O3S2/c1-22(2)27(24,25)12-7-8-14(19)13(11-12)18(23)20-10-9-17-21-15-5-3-4-6-16(15)26-17/h3-8,11H,9-10H2,1-2H3,(H,20,23). The number of benzene rings is 2. The van der Waals surface area contributed by atoms with E-state index in [1.54, 1.807) is 11.3 Å². The topological polar surface area (TPSA) is 79.4 Å². The first-order valence-corrected chi connectivity index (χ1v) is 10.8. The van der Waals surface area contributed by atoms with E-state index >= 15 is 0 Å². The average Bonchev–Trinajstić information content (AvgIpc) is 3.04. The monoisotopic (exact) mass is 423 g/mol. The molecule has 0 aliphatic heterocycles. The van der Waals surface area contributed by atoms with Crippen LogP contribution in [-0.4, -0.2) is 44.3 Å². The predicted molar refractivity (Wildman–Crippen MR) is 108 cm³/mol. The SMILES string of the molecule is CN(C)S(=O)(=O)c1ccc(Cl)c(C(=O)NCCc2nc3ccccc3s2)c1. The van der Waals surface area contributed by atoms with Gasteiger partial charge in [0.15, 0.2) is 0 Å².